The van der Waals surface area contributed by atoms with E-state index in [-0.39, 0.29) is 31.2 Å². The van der Waals surface area contributed by atoms with E-state index in [2.05, 4.69) is 5.32 Å². The summed E-state index contributed by atoms with van der Waals surface area (Å²) < 4.78 is 13.2. The van der Waals surface area contributed by atoms with Crippen molar-refractivity contribution >= 4 is 29.4 Å². The quantitative estimate of drug-likeness (QED) is 0.286. The number of aliphatic hydroxyl groups excluding tert-OH is 1. The van der Waals surface area contributed by atoms with Crippen LogP contribution in [0.15, 0.2) is 103 Å². The zero-order valence-electron chi connectivity index (χ0n) is 29.7. The molecule has 4 aliphatic heterocycles. The third-order valence-corrected chi connectivity index (χ3v) is 10.9. The molecule has 0 saturated carbocycles. The molecule has 270 valence electrons. The lowest BCUT2D eigenvalue weighted by Gasteiger charge is -2.39. The number of fused-ring (bicyclic) bond motifs is 2. The first kappa shape index (κ1) is 35.3. The van der Waals surface area contributed by atoms with Gasteiger partial charge in [-0.15, -0.1) is 0 Å². The molecule has 0 unspecified atom stereocenters. The lowest BCUT2D eigenvalue weighted by atomic mass is 9.77. The lowest BCUT2D eigenvalue weighted by molar-refractivity contribution is -0.161. The van der Waals surface area contributed by atoms with Gasteiger partial charge in [-0.05, 0) is 55.9 Å². The zero-order chi connectivity index (χ0) is 36.6. The molecule has 0 aromatic heterocycles. The van der Waals surface area contributed by atoms with E-state index >= 15 is 9.59 Å². The summed E-state index contributed by atoms with van der Waals surface area (Å²) in [5, 5.41) is 13.9. The number of likely N-dealkylation sites (tertiary alicyclic amines) is 1. The molecule has 2 N–H and O–H groups in total. The van der Waals surface area contributed by atoms with Crippen LogP contribution in [-0.4, -0.2) is 76.7 Å². The average Bonchev–Trinajstić information content (AvgIpc) is 3.53. The molecule has 1 spiro atoms. The maximum Gasteiger partial charge on any atom is 0.313 e. The topological polar surface area (TPSA) is 125 Å². The average molecular weight is 704 g/mol. The summed E-state index contributed by atoms with van der Waals surface area (Å²) in [5.74, 6) is -3.91. The maximum absolute atomic E-state index is 15.2. The van der Waals surface area contributed by atoms with E-state index in [1.165, 1.54) is 4.90 Å². The second-order valence-corrected chi connectivity index (χ2v) is 14.3. The number of rotatable bonds is 6. The van der Waals surface area contributed by atoms with Crippen LogP contribution in [0, 0.1) is 25.7 Å². The summed E-state index contributed by atoms with van der Waals surface area (Å²) in [6.07, 6.45) is 6.25. The molecule has 0 bridgehead atoms. The van der Waals surface area contributed by atoms with Gasteiger partial charge in [0.1, 0.15) is 23.7 Å². The van der Waals surface area contributed by atoms with Crippen LogP contribution in [0.1, 0.15) is 48.1 Å². The fourth-order valence-corrected chi connectivity index (χ4v) is 8.61. The first-order valence-electron chi connectivity index (χ1n) is 18.1. The van der Waals surface area contributed by atoms with Crippen molar-refractivity contribution in [2.75, 3.05) is 18.1 Å². The molecular formula is C42H45N3O7. The van der Waals surface area contributed by atoms with Crippen molar-refractivity contribution in [3.05, 3.63) is 125 Å². The molecule has 0 aliphatic carbocycles. The molecule has 4 aliphatic rings. The molecule has 52 heavy (non-hydrogen) atoms. The largest absolute Gasteiger partial charge is 0.455 e. The number of para-hydroxylation sites is 1. The van der Waals surface area contributed by atoms with Gasteiger partial charge >= 0.3 is 5.97 Å². The van der Waals surface area contributed by atoms with Gasteiger partial charge in [-0.25, -0.2) is 0 Å². The van der Waals surface area contributed by atoms with Gasteiger partial charge in [0.25, 0.3) is 5.91 Å². The monoisotopic (exact) mass is 703 g/mol. The van der Waals surface area contributed by atoms with E-state index in [0.29, 0.717) is 12.0 Å². The van der Waals surface area contributed by atoms with Gasteiger partial charge in [0.2, 0.25) is 11.8 Å². The highest BCUT2D eigenvalue weighted by Gasteiger charge is 2.72. The highest BCUT2D eigenvalue weighted by Crippen LogP contribution is 2.54. The number of aliphatic hydroxyl groups is 1. The fourth-order valence-electron chi connectivity index (χ4n) is 8.61. The van der Waals surface area contributed by atoms with Crippen LogP contribution in [0.3, 0.4) is 0 Å². The molecule has 2 saturated heterocycles. The molecule has 8 atom stereocenters. The molecule has 3 aromatic carbocycles. The molecule has 7 rings (SSSR count). The van der Waals surface area contributed by atoms with Crippen LogP contribution < -0.4 is 10.2 Å². The summed E-state index contributed by atoms with van der Waals surface area (Å²) in [6, 6.07) is 22.0. The summed E-state index contributed by atoms with van der Waals surface area (Å²) in [6.45, 7) is 5.49. The zero-order valence-corrected chi connectivity index (χ0v) is 29.7. The van der Waals surface area contributed by atoms with Gasteiger partial charge in [0.05, 0.1) is 30.7 Å². The van der Waals surface area contributed by atoms with E-state index < -0.39 is 66.3 Å². The highest BCUT2D eigenvalue weighted by molar-refractivity contribution is 6.06. The van der Waals surface area contributed by atoms with Gasteiger partial charge in [0.15, 0.2) is 0 Å². The minimum atomic E-state index is -1.55. The van der Waals surface area contributed by atoms with E-state index in [1.54, 1.807) is 30.1 Å². The first-order chi connectivity index (χ1) is 25.1. The van der Waals surface area contributed by atoms with E-state index in [0.717, 1.165) is 22.4 Å². The minimum Gasteiger partial charge on any atom is -0.455 e. The van der Waals surface area contributed by atoms with Gasteiger partial charge < -0.3 is 29.7 Å². The maximum atomic E-state index is 15.2. The Morgan fingerprint density at radius 2 is 1.60 bits per heavy atom. The number of carbonyl (C=O) groups is 4. The van der Waals surface area contributed by atoms with Gasteiger partial charge in [-0.1, -0.05) is 103 Å². The first-order valence-corrected chi connectivity index (χ1v) is 18.1. The Balaban J connectivity index is 1.36. The van der Waals surface area contributed by atoms with Crippen molar-refractivity contribution in [3.63, 3.8) is 0 Å². The van der Waals surface area contributed by atoms with Crippen LogP contribution in [-0.2, 0) is 35.1 Å². The SMILES string of the molecule is Cc1cccc(C)c1N1CC=C[C@@]23O[C@H]4/C=C\CCC(=O)N[C@@H](C)[C@H](c5ccccc5)OC(=O)[C@H]4[C@@H]2C(=O)N([C@@H](CO)Cc2ccccc2)[C@H]3C1=O. The van der Waals surface area contributed by atoms with E-state index in [4.69, 9.17) is 9.47 Å². The number of nitrogens with one attached hydrogen (secondary N) is 1. The smallest absolute Gasteiger partial charge is 0.313 e. The van der Waals surface area contributed by atoms with Crippen molar-refractivity contribution in [3.8, 4) is 0 Å². The third kappa shape index (κ3) is 6.24. The molecule has 3 aromatic rings. The predicted octanol–water partition coefficient (Wildman–Crippen LogP) is 4.53. The molecule has 10 heteroatoms. The van der Waals surface area contributed by atoms with Crippen molar-refractivity contribution in [2.24, 2.45) is 11.8 Å². The van der Waals surface area contributed by atoms with Crippen LogP contribution in [0.5, 0.6) is 0 Å². The van der Waals surface area contributed by atoms with Crippen molar-refractivity contribution in [2.45, 2.75) is 76.0 Å². The van der Waals surface area contributed by atoms with E-state index in [1.807, 2.05) is 98.8 Å². The number of benzene rings is 3. The van der Waals surface area contributed by atoms with Crippen LogP contribution in [0.4, 0.5) is 5.69 Å². The number of carbonyl (C=O) groups excluding carboxylic acids is 4. The normalized spacial score (nSPS) is 30.2. The predicted molar refractivity (Wildman–Crippen MR) is 195 cm³/mol. The van der Waals surface area contributed by atoms with E-state index in [9.17, 15) is 14.7 Å². The molecule has 4 heterocycles. The number of hydrogen-bond acceptors (Lipinski definition) is 7. The Morgan fingerprint density at radius 1 is 0.904 bits per heavy atom. The summed E-state index contributed by atoms with van der Waals surface area (Å²) >= 11 is 0. The van der Waals surface area contributed by atoms with Crippen molar-refractivity contribution < 1.29 is 33.8 Å². The Hall–Kier alpha value is -5.06. The number of esters is 1. The second kappa shape index (κ2) is 14.5. The number of amides is 3. The minimum absolute atomic E-state index is 0.183. The van der Waals surface area contributed by atoms with Crippen molar-refractivity contribution in [1.29, 1.82) is 0 Å². The number of anilines is 1. The molecule has 10 nitrogen and oxygen atoms in total. The third-order valence-electron chi connectivity index (χ3n) is 10.9. The standard InChI is InChI=1S/C42H45N3O7/c1-26-14-12-15-27(2)36(26)44-23-13-22-42-35(39(48)45(38(42)40(44)49)31(25-46)24-29-16-6-4-7-17-29)34-32(52-42)20-10-11-21-33(47)43-28(3)37(51-41(34)50)30-18-8-5-9-19-30/h4-10,12-20,22,28,31-32,34-35,37-38,46H,11,21,23-25H2,1-3H3,(H,43,47)/b20-10-/t28-,31+,32-,34+,35+,37+,38-,42+/m0/s1. The summed E-state index contributed by atoms with van der Waals surface area (Å²) in [5.41, 5.74) is 2.57. The Kier molecular flexibility index (Phi) is 9.87. The molecule has 3 amide bonds. The molecule has 0 radical (unpaired) electrons. The Morgan fingerprint density at radius 3 is 2.29 bits per heavy atom. The fraction of sp³-hybridized carbons (Fsp3) is 0.381. The number of ether oxygens (including phenoxy) is 2. The number of hydrogen-bond donors (Lipinski definition) is 2. The Labute approximate surface area is 304 Å². The van der Waals surface area contributed by atoms with Gasteiger partial charge in [-0.2, -0.15) is 0 Å². The van der Waals surface area contributed by atoms with Crippen LogP contribution in [0.2, 0.25) is 0 Å². The second-order valence-electron chi connectivity index (χ2n) is 14.3. The van der Waals surface area contributed by atoms with Gasteiger partial charge in [0, 0.05) is 18.7 Å². The van der Waals surface area contributed by atoms with Crippen LogP contribution in [0.25, 0.3) is 0 Å². The number of cyclic esters (lactones) is 1. The summed E-state index contributed by atoms with van der Waals surface area (Å²) in [7, 11) is 0. The van der Waals surface area contributed by atoms with Crippen molar-refractivity contribution in [1.82, 2.24) is 10.2 Å². The van der Waals surface area contributed by atoms with Crippen LogP contribution >= 0.6 is 0 Å². The number of allylic oxidation sites excluding steroid dienone is 1. The molecule has 2 fully saturated rings. The lowest BCUT2D eigenvalue weighted by Crippen LogP contribution is -2.58. The highest BCUT2D eigenvalue weighted by atomic mass is 16.6. The van der Waals surface area contributed by atoms with Gasteiger partial charge in [-0.3, -0.25) is 19.2 Å². The number of nitrogens with zero attached hydrogens (tertiary/aromatic N) is 2. The number of aryl methyl sites for hydroxylation is 2. The Bertz CT molecular complexity index is 1880. The summed E-state index contributed by atoms with van der Waals surface area (Å²) in [4.78, 5) is 61.1. The molecular weight excluding hydrogens is 658 g/mol.